The Bertz CT molecular complexity index is 350. The molecule has 1 aliphatic heterocycles. The van der Waals surface area contributed by atoms with Crippen molar-refractivity contribution >= 4 is 10.3 Å². The van der Waals surface area contributed by atoms with Crippen molar-refractivity contribution in [3.63, 3.8) is 0 Å². The van der Waals surface area contributed by atoms with Gasteiger partial charge < -0.3 is 0 Å². The van der Waals surface area contributed by atoms with Crippen molar-refractivity contribution in [2.24, 2.45) is 11.8 Å². The summed E-state index contributed by atoms with van der Waals surface area (Å²) < 4.78 is 30.7. The average Bonchev–Trinajstić information content (AvgIpc) is 1.97. The fraction of sp³-hybridized carbons (Fsp3) is 1.00. The van der Waals surface area contributed by atoms with E-state index in [2.05, 4.69) is 11.6 Å². The molecule has 0 radical (unpaired) electrons. The molecule has 0 aromatic heterocycles. The van der Waals surface area contributed by atoms with E-state index in [0.717, 1.165) is 19.3 Å². The van der Waals surface area contributed by atoms with Crippen LogP contribution < -0.4 is 4.72 Å². The van der Waals surface area contributed by atoms with Crippen LogP contribution in [0, 0.1) is 11.8 Å². The number of rotatable bonds is 0. The summed E-state index contributed by atoms with van der Waals surface area (Å²) in [4.78, 5) is 0. The lowest BCUT2D eigenvalue weighted by molar-refractivity contribution is 0.0102. The van der Waals surface area contributed by atoms with Gasteiger partial charge in [-0.15, -0.1) is 0 Å². The lowest BCUT2D eigenvalue weighted by atomic mass is 9.72. The number of hydrogen-bond donors (Lipinski definition) is 1. The molecule has 1 heterocycles. The van der Waals surface area contributed by atoms with Crippen LogP contribution in [-0.2, 0) is 14.5 Å². The van der Waals surface area contributed by atoms with Crippen molar-refractivity contribution in [2.45, 2.75) is 51.7 Å². The second-order valence-corrected chi connectivity index (χ2v) is 6.74. The minimum absolute atomic E-state index is 0.130. The lowest BCUT2D eigenvalue weighted by Crippen LogP contribution is -2.60. The van der Waals surface area contributed by atoms with Gasteiger partial charge in [-0.05, 0) is 32.6 Å². The normalized spacial score (nSPS) is 43.3. The van der Waals surface area contributed by atoms with E-state index in [1.807, 2.05) is 13.8 Å². The molecule has 0 aromatic rings. The zero-order valence-electron chi connectivity index (χ0n) is 9.49. The Morgan fingerprint density at radius 2 is 2.00 bits per heavy atom. The molecule has 0 bridgehead atoms. The first kappa shape index (κ1) is 11.4. The molecular formula is C10H19NO3S. The summed E-state index contributed by atoms with van der Waals surface area (Å²) in [5.41, 5.74) is -0.373. The second kappa shape index (κ2) is 3.43. The summed E-state index contributed by atoms with van der Waals surface area (Å²) in [5, 5.41) is 0. The summed E-state index contributed by atoms with van der Waals surface area (Å²) >= 11 is 0. The van der Waals surface area contributed by atoms with Crippen LogP contribution in [0.2, 0.25) is 0 Å². The molecule has 0 aromatic carbocycles. The minimum Gasteiger partial charge on any atom is -0.254 e. The monoisotopic (exact) mass is 233 g/mol. The molecule has 2 fully saturated rings. The third-order valence-electron chi connectivity index (χ3n) is 3.62. The maximum atomic E-state index is 11.5. The Hall–Kier alpha value is -0.130. The van der Waals surface area contributed by atoms with Gasteiger partial charge in [-0.2, -0.15) is 13.1 Å². The van der Waals surface area contributed by atoms with Crippen LogP contribution in [0.25, 0.3) is 0 Å². The van der Waals surface area contributed by atoms with Gasteiger partial charge in [0.2, 0.25) is 0 Å². The molecule has 15 heavy (non-hydrogen) atoms. The minimum atomic E-state index is -3.53. The van der Waals surface area contributed by atoms with Crippen molar-refractivity contribution in [1.82, 2.24) is 4.72 Å². The van der Waals surface area contributed by atoms with Crippen LogP contribution >= 0.6 is 0 Å². The molecular weight excluding hydrogens is 214 g/mol. The topological polar surface area (TPSA) is 55.4 Å². The highest BCUT2D eigenvalue weighted by Gasteiger charge is 2.47. The second-order valence-electron chi connectivity index (χ2n) is 5.44. The molecule has 5 heteroatoms. The van der Waals surface area contributed by atoms with E-state index in [1.54, 1.807) is 0 Å². The first-order valence-electron chi connectivity index (χ1n) is 5.52. The van der Waals surface area contributed by atoms with Gasteiger partial charge in [0.25, 0.3) is 0 Å². The highest BCUT2D eigenvalue weighted by Crippen LogP contribution is 2.40. The maximum absolute atomic E-state index is 11.5. The Labute approximate surface area is 91.6 Å². The van der Waals surface area contributed by atoms with E-state index >= 15 is 0 Å². The van der Waals surface area contributed by atoms with Crippen molar-refractivity contribution in [3.05, 3.63) is 0 Å². The largest absolute Gasteiger partial charge is 0.336 e. The van der Waals surface area contributed by atoms with Gasteiger partial charge in [-0.1, -0.05) is 13.3 Å². The van der Waals surface area contributed by atoms with Gasteiger partial charge in [0.1, 0.15) is 0 Å². The molecule has 0 unspecified atom stereocenters. The third-order valence-corrected chi connectivity index (χ3v) is 4.90. The average molecular weight is 233 g/mol. The molecule has 2 rings (SSSR count). The van der Waals surface area contributed by atoms with Crippen molar-refractivity contribution in [1.29, 1.82) is 0 Å². The van der Waals surface area contributed by atoms with E-state index in [9.17, 15) is 8.42 Å². The summed E-state index contributed by atoms with van der Waals surface area (Å²) in [6.45, 7) is 6.04. The summed E-state index contributed by atoms with van der Waals surface area (Å²) in [7, 11) is -3.53. The van der Waals surface area contributed by atoms with Crippen LogP contribution in [-0.4, -0.2) is 20.1 Å². The number of fused-ring (bicyclic) bond motifs is 1. The van der Waals surface area contributed by atoms with Crippen LogP contribution in [0.4, 0.5) is 0 Å². The van der Waals surface area contributed by atoms with Crippen molar-refractivity contribution < 1.29 is 12.6 Å². The predicted octanol–water partition coefficient (Wildman–Crippen LogP) is 1.43. The van der Waals surface area contributed by atoms with Crippen molar-refractivity contribution in [2.75, 3.05) is 0 Å². The first-order valence-corrected chi connectivity index (χ1v) is 6.93. The zero-order chi connectivity index (χ0) is 11.3. The zero-order valence-corrected chi connectivity index (χ0v) is 10.3. The molecule has 0 amide bonds. The molecule has 3 atom stereocenters. The summed E-state index contributed by atoms with van der Waals surface area (Å²) in [6, 6.07) is 0. The van der Waals surface area contributed by atoms with Gasteiger partial charge >= 0.3 is 10.3 Å². The summed E-state index contributed by atoms with van der Waals surface area (Å²) in [5.74, 6) is 0.868. The Morgan fingerprint density at radius 1 is 1.33 bits per heavy atom. The molecule has 0 spiro atoms. The Morgan fingerprint density at radius 3 is 2.67 bits per heavy atom. The summed E-state index contributed by atoms with van der Waals surface area (Å²) in [6.07, 6.45) is 2.93. The smallest absolute Gasteiger partial charge is 0.254 e. The molecule has 1 saturated carbocycles. The van der Waals surface area contributed by atoms with E-state index in [-0.39, 0.29) is 11.6 Å². The van der Waals surface area contributed by atoms with Gasteiger partial charge in [-0.25, -0.2) is 0 Å². The van der Waals surface area contributed by atoms with E-state index in [0.29, 0.717) is 11.8 Å². The van der Waals surface area contributed by atoms with Crippen LogP contribution in [0.3, 0.4) is 0 Å². The standard InChI is InChI=1S/C10H19NO3S/c1-7-4-5-8-9(6-7)14-15(12,13)11-10(8,2)3/h7-9,11H,4-6H2,1-3H3/t7-,8-,9-/m1/s1. The van der Waals surface area contributed by atoms with E-state index < -0.39 is 10.3 Å². The molecule has 1 aliphatic carbocycles. The fourth-order valence-corrected chi connectivity index (χ4v) is 4.23. The fourth-order valence-electron chi connectivity index (χ4n) is 2.85. The first-order chi connectivity index (χ1) is 6.80. The highest BCUT2D eigenvalue weighted by atomic mass is 32.2. The van der Waals surface area contributed by atoms with Gasteiger partial charge in [-0.3, -0.25) is 4.18 Å². The number of hydrogen-bond acceptors (Lipinski definition) is 3. The Balaban J connectivity index is 2.25. The maximum Gasteiger partial charge on any atom is 0.336 e. The lowest BCUT2D eigenvalue weighted by Gasteiger charge is -2.47. The van der Waals surface area contributed by atoms with Crippen LogP contribution in [0.15, 0.2) is 0 Å². The van der Waals surface area contributed by atoms with E-state index in [1.165, 1.54) is 0 Å². The molecule has 88 valence electrons. The van der Waals surface area contributed by atoms with E-state index in [4.69, 9.17) is 4.18 Å². The van der Waals surface area contributed by atoms with Crippen LogP contribution in [0.5, 0.6) is 0 Å². The molecule has 1 saturated heterocycles. The van der Waals surface area contributed by atoms with Crippen LogP contribution in [0.1, 0.15) is 40.0 Å². The quantitative estimate of drug-likeness (QED) is 0.688. The highest BCUT2D eigenvalue weighted by molar-refractivity contribution is 7.84. The van der Waals surface area contributed by atoms with Gasteiger partial charge in [0, 0.05) is 11.5 Å². The number of nitrogens with one attached hydrogen (secondary N) is 1. The van der Waals surface area contributed by atoms with Crippen molar-refractivity contribution in [3.8, 4) is 0 Å². The van der Waals surface area contributed by atoms with Gasteiger partial charge in [0.15, 0.2) is 0 Å². The Kier molecular flexibility index (Phi) is 2.60. The predicted molar refractivity (Wildman–Crippen MR) is 57.5 cm³/mol. The third kappa shape index (κ3) is 2.19. The SMILES string of the molecule is C[C@@H]1CC[C@@H]2[C@@H](C1)OS(=O)(=O)NC2(C)C. The molecule has 2 aliphatic rings. The molecule has 1 N–H and O–H groups in total. The van der Waals surface area contributed by atoms with Gasteiger partial charge in [0.05, 0.1) is 6.10 Å². The molecule has 4 nitrogen and oxygen atoms in total.